The van der Waals surface area contributed by atoms with E-state index in [1.807, 2.05) is 42.5 Å². The van der Waals surface area contributed by atoms with Crippen molar-refractivity contribution in [2.75, 3.05) is 18.4 Å². The fourth-order valence-corrected chi connectivity index (χ4v) is 4.73. The van der Waals surface area contributed by atoms with Gasteiger partial charge in [0.15, 0.2) is 0 Å². The summed E-state index contributed by atoms with van der Waals surface area (Å²) in [6.07, 6.45) is 2.21. The van der Waals surface area contributed by atoms with Crippen molar-refractivity contribution in [1.29, 1.82) is 5.26 Å². The first-order chi connectivity index (χ1) is 15.4. The quantitative estimate of drug-likeness (QED) is 0.444. The summed E-state index contributed by atoms with van der Waals surface area (Å²) >= 11 is 1.64. The van der Waals surface area contributed by atoms with Gasteiger partial charge in [0.05, 0.1) is 16.1 Å². The molecule has 0 atom stereocenters. The first-order valence-corrected chi connectivity index (χ1v) is 11.1. The van der Waals surface area contributed by atoms with E-state index in [4.69, 9.17) is 5.11 Å². The van der Waals surface area contributed by atoms with E-state index < -0.39 is 11.9 Å². The number of hydrogen-bond acceptors (Lipinski definition) is 6. The van der Waals surface area contributed by atoms with E-state index in [2.05, 4.69) is 23.3 Å². The Bertz CT molecular complexity index is 1230. The highest BCUT2D eigenvalue weighted by atomic mass is 32.1. The smallest absolute Gasteiger partial charge is 0.306 e. The van der Waals surface area contributed by atoms with Gasteiger partial charge in [0, 0.05) is 30.5 Å². The topological polar surface area (TPSA) is 106 Å². The number of aryl methyl sites for hydroxylation is 1. The minimum atomic E-state index is -0.834. The zero-order valence-electron chi connectivity index (χ0n) is 17.5. The third-order valence-corrected chi connectivity index (χ3v) is 6.61. The number of nitriles is 1. The molecule has 0 spiro atoms. The van der Waals surface area contributed by atoms with Gasteiger partial charge in [-0.3, -0.25) is 9.59 Å². The Hall–Kier alpha value is -3.70. The minimum absolute atomic E-state index is 0.00982. The molecule has 0 aliphatic carbocycles. The number of carboxylic acid groups (broad SMARTS) is 1. The van der Waals surface area contributed by atoms with E-state index in [9.17, 15) is 14.9 Å². The maximum absolute atomic E-state index is 12.6. The molecule has 8 heteroatoms. The van der Waals surface area contributed by atoms with Crippen molar-refractivity contribution in [2.45, 2.75) is 19.8 Å². The van der Waals surface area contributed by atoms with Crippen LogP contribution >= 0.6 is 11.3 Å². The van der Waals surface area contributed by atoms with Gasteiger partial charge in [0.25, 0.3) is 5.91 Å². The van der Waals surface area contributed by atoms with Crippen LogP contribution in [0.4, 0.5) is 5.69 Å². The molecule has 1 saturated heterocycles. The van der Waals surface area contributed by atoms with Crippen LogP contribution in [0.2, 0.25) is 0 Å². The molecule has 7 nitrogen and oxygen atoms in total. The molecular weight excluding hydrogens is 424 g/mol. The van der Waals surface area contributed by atoms with E-state index >= 15 is 0 Å². The SMILES string of the molecule is Cc1ccc2nc(-c3ccc(N/C=C(/C#N)C(=O)N4CCC(C(=O)O)CC4)cc3)sc2c1. The molecule has 0 bridgehead atoms. The summed E-state index contributed by atoms with van der Waals surface area (Å²) in [5.74, 6) is -1.64. The molecular formula is C24H22N4O3S. The molecule has 1 aliphatic heterocycles. The van der Waals surface area contributed by atoms with Gasteiger partial charge < -0.3 is 15.3 Å². The number of hydrogen-bond donors (Lipinski definition) is 2. The lowest BCUT2D eigenvalue weighted by atomic mass is 9.97. The summed E-state index contributed by atoms with van der Waals surface area (Å²) in [4.78, 5) is 29.9. The van der Waals surface area contributed by atoms with Crippen LogP contribution in [0.25, 0.3) is 20.8 Å². The molecule has 0 radical (unpaired) electrons. The molecule has 0 unspecified atom stereocenters. The van der Waals surface area contributed by atoms with Crippen molar-refractivity contribution in [3.8, 4) is 16.6 Å². The van der Waals surface area contributed by atoms with Crippen LogP contribution in [0.1, 0.15) is 18.4 Å². The number of carbonyl (C=O) groups is 2. The summed E-state index contributed by atoms with van der Waals surface area (Å²) in [5.41, 5.74) is 3.91. The highest BCUT2D eigenvalue weighted by molar-refractivity contribution is 7.21. The second-order valence-corrected chi connectivity index (χ2v) is 8.82. The summed E-state index contributed by atoms with van der Waals surface area (Å²) in [6.45, 7) is 2.74. The maximum Gasteiger partial charge on any atom is 0.306 e. The van der Waals surface area contributed by atoms with E-state index in [0.29, 0.717) is 25.9 Å². The summed E-state index contributed by atoms with van der Waals surface area (Å²) in [7, 11) is 0. The van der Waals surface area contributed by atoms with Gasteiger partial charge in [-0.25, -0.2) is 4.98 Å². The lowest BCUT2D eigenvalue weighted by Gasteiger charge is -2.29. The van der Waals surface area contributed by atoms with Gasteiger partial charge >= 0.3 is 5.97 Å². The standard InChI is InChI=1S/C24H22N4O3S/c1-15-2-7-20-21(12-15)32-22(27-20)16-3-5-19(6-4-16)26-14-18(13-25)23(29)28-10-8-17(9-11-28)24(30)31/h2-7,12,14,17,26H,8-11H2,1H3,(H,30,31)/b18-14-. The number of aliphatic carboxylic acids is 1. The average Bonchev–Trinajstić information content (AvgIpc) is 3.23. The molecule has 1 amide bonds. The van der Waals surface area contributed by atoms with Gasteiger partial charge in [-0.2, -0.15) is 5.26 Å². The Balaban J connectivity index is 1.42. The summed E-state index contributed by atoms with van der Waals surface area (Å²) in [5, 5.41) is 22.5. The number of thiazole rings is 1. The molecule has 2 heterocycles. The Labute approximate surface area is 189 Å². The van der Waals surface area contributed by atoms with Crippen LogP contribution in [0.3, 0.4) is 0 Å². The predicted molar refractivity (Wildman–Crippen MR) is 124 cm³/mol. The Morgan fingerprint density at radius 1 is 1.22 bits per heavy atom. The van der Waals surface area contributed by atoms with Crippen molar-refractivity contribution < 1.29 is 14.7 Å². The number of likely N-dealkylation sites (tertiary alicyclic amines) is 1. The van der Waals surface area contributed by atoms with Crippen LogP contribution in [0.5, 0.6) is 0 Å². The zero-order valence-corrected chi connectivity index (χ0v) is 18.4. The van der Waals surface area contributed by atoms with Crippen LogP contribution in [-0.2, 0) is 9.59 Å². The number of benzene rings is 2. The first kappa shape index (κ1) is 21.5. The summed E-state index contributed by atoms with van der Waals surface area (Å²) in [6, 6.07) is 15.8. The second kappa shape index (κ2) is 9.20. The number of carbonyl (C=O) groups excluding carboxylic acids is 1. The molecule has 2 aromatic carbocycles. The van der Waals surface area contributed by atoms with Gasteiger partial charge in [-0.05, 0) is 61.7 Å². The lowest BCUT2D eigenvalue weighted by molar-refractivity contribution is -0.145. The van der Waals surface area contributed by atoms with Gasteiger partial charge in [-0.15, -0.1) is 11.3 Å². The number of piperidine rings is 1. The van der Waals surface area contributed by atoms with Gasteiger partial charge in [0.2, 0.25) is 0 Å². The van der Waals surface area contributed by atoms with Gasteiger partial charge in [-0.1, -0.05) is 6.07 Å². The molecule has 1 fully saturated rings. The van der Waals surface area contributed by atoms with Gasteiger partial charge in [0.1, 0.15) is 16.6 Å². The number of carboxylic acids is 1. The van der Waals surface area contributed by atoms with Crippen LogP contribution < -0.4 is 5.32 Å². The minimum Gasteiger partial charge on any atom is -0.481 e. The van der Waals surface area contributed by atoms with E-state index in [1.165, 1.54) is 16.7 Å². The summed E-state index contributed by atoms with van der Waals surface area (Å²) < 4.78 is 1.15. The normalized spacial score (nSPS) is 14.9. The molecule has 162 valence electrons. The number of fused-ring (bicyclic) bond motifs is 1. The average molecular weight is 447 g/mol. The fourth-order valence-electron chi connectivity index (χ4n) is 3.66. The molecule has 4 rings (SSSR count). The van der Waals surface area contributed by atoms with E-state index in [0.717, 1.165) is 26.5 Å². The van der Waals surface area contributed by atoms with Crippen molar-refractivity contribution in [3.63, 3.8) is 0 Å². The highest BCUT2D eigenvalue weighted by Gasteiger charge is 2.28. The number of aromatic nitrogens is 1. The van der Waals surface area contributed by atoms with E-state index in [1.54, 1.807) is 11.3 Å². The van der Waals surface area contributed by atoms with Crippen molar-refractivity contribution in [2.24, 2.45) is 5.92 Å². The molecule has 1 aromatic heterocycles. The molecule has 2 N–H and O–H groups in total. The fraction of sp³-hybridized carbons (Fsp3) is 0.250. The predicted octanol–water partition coefficient (Wildman–Crippen LogP) is 4.41. The highest BCUT2D eigenvalue weighted by Crippen LogP contribution is 2.31. The van der Waals surface area contributed by atoms with Crippen LogP contribution in [0.15, 0.2) is 54.2 Å². The number of amides is 1. The number of rotatable bonds is 5. The molecule has 1 aliphatic rings. The van der Waals surface area contributed by atoms with E-state index in [-0.39, 0.29) is 11.5 Å². The Kier molecular flexibility index (Phi) is 6.19. The maximum atomic E-state index is 12.6. The zero-order chi connectivity index (χ0) is 22.7. The number of nitrogens with one attached hydrogen (secondary N) is 1. The third-order valence-electron chi connectivity index (χ3n) is 5.54. The third kappa shape index (κ3) is 4.63. The van der Waals surface area contributed by atoms with Crippen LogP contribution in [-0.4, -0.2) is 40.0 Å². The lowest BCUT2D eigenvalue weighted by Crippen LogP contribution is -2.40. The van der Waals surface area contributed by atoms with Crippen molar-refractivity contribution >= 4 is 39.1 Å². The van der Waals surface area contributed by atoms with Crippen LogP contribution in [0, 0.1) is 24.2 Å². The first-order valence-electron chi connectivity index (χ1n) is 10.3. The number of anilines is 1. The second-order valence-electron chi connectivity index (χ2n) is 7.79. The number of nitrogens with zero attached hydrogens (tertiary/aromatic N) is 3. The molecule has 0 saturated carbocycles. The molecule has 3 aromatic rings. The van der Waals surface area contributed by atoms with Crippen molar-refractivity contribution in [3.05, 3.63) is 59.8 Å². The molecule has 32 heavy (non-hydrogen) atoms. The largest absolute Gasteiger partial charge is 0.481 e. The van der Waals surface area contributed by atoms with Crippen molar-refractivity contribution in [1.82, 2.24) is 9.88 Å². The monoisotopic (exact) mass is 446 g/mol. The Morgan fingerprint density at radius 3 is 2.59 bits per heavy atom. The Morgan fingerprint density at radius 2 is 1.94 bits per heavy atom.